The number of hydrogen-bond donors (Lipinski definition) is 2. The van der Waals surface area contributed by atoms with Crippen LogP contribution in [0, 0.1) is 6.92 Å². The zero-order valence-electron chi connectivity index (χ0n) is 17.7. The molecule has 0 atom stereocenters. The van der Waals surface area contributed by atoms with Gasteiger partial charge >= 0.3 is 0 Å². The van der Waals surface area contributed by atoms with Crippen molar-refractivity contribution >= 4 is 22.9 Å². The van der Waals surface area contributed by atoms with E-state index in [1.807, 2.05) is 33.8 Å². The number of amides is 2. The van der Waals surface area contributed by atoms with E-state index >= 15 is 0 Å². The molecule has 0 aliphatic carbocycles. The summed E-state index contributed by atoms with van der Waals surface area (Å²) >= 11 is 0. The molecule has 0 bridgehead atoms. The van der Waals surface area contributed by atoms with E-state index in [0.717, 1.165) is 38.0 Å². The van der Waals surface area contributed by atoms with Gasteiger partial charge in [0.1, 0.15) is 0 Å². The van der Waals surface area contributed by atoms with Crippen LogP contribution in [0.25, 0.3) is 11.1 Å². The van der Waals surface area contributed by atoms with Crippen molar-refractivity contribution in [2.24, 2.45) is 0 Å². The Labute approximate surface area is 171 Å². The molecule has 1 aliphatic rings. The average molecular weight is 402 g/mol. The van der Waals surface area contributed by atoms with E-state index in [9.17, 15) is 9.59 Å². The third-order valence-electron chi connectivity index (χ3n) is 5.34. The Morgan fingerprint density at radius 3 is 2.69 bits per heavy atom. The summed E-state index contributed by atoms with van der Waals surface area (Å²) in [5.74, 6) is 0.126. The van der Waals surface area contributed by atoms with Crippen molar-refractivity contribution in [3.05, 3.63) is 23.0 Å². The molecule has 0 radical (unpaired) electrons. The Morgan fingerprint density at radius 1 is 1.31 bits per heavy atom. The highest BCUT2D eigenvalue weighted by atomic mass is 16.5. The van der Waals surface area contributed by atoms with Crippen molar-refractivity contribution < 1.29 is 14.1 Å². The van der Waals surface area contributed by atoms with Gasteiger partial charge in [-0.15, -0.1) is 0 Å². The lowest BCUT2D eigenvalue weighted by Gasteiger charge is -2.31. The first kappa shape index (κ1) is 21.2. The first-order valence-electron chi connectivity index (χ1n) is 10.5. The SMILES string of the molecule is CCCNC(=O)CN1CCC(NC(=O)c2cc(C(C)C)nc3onc(C)c23)CC1. The topological polar surface area (TPSA) is 100 Å². The second-order valence-corrected chi connectivity index (χ2v) is 8.07. The molecule has 29 heavy (non-hydrogen) atoms. The van der Waals surface area contributed by atoms with E-state index in [1.165, 1.54) is 0 Å². The number of carbonyl (C=O) groups excluding carboxylic acids is 2. The smallest absolute Gasteiger partial charge is 0.259 e. The lowest BCUT2D eigenvalue weighted by atomic mass is 10.0. The molecule has 1 saturated heterocycles. The maximum Gasteiger partial charge on any atom is 0.259 e. The van der Waals surface area contributed by atoms with Crippen molar-refractivity contribution in [2.45, 2.75) is 58.9 Å². The van der Waals surface area contributed by atoms with E-state index in [0.29, 0.717) is 35.4 Å². The van der Waals surface area contributed by atoms with Crippen LogP contribution >= 0.6 is 0 Å². The highest BCUT2D eigenvalue weighted by Crippen LogP contribution is 2.25. The first-order chi connectivity index (χ1) is 13.9. The van der Waals surface area contributed by atoms with E-state index in [1.54, 1.807) is 0 Å². The lowest BCUT2D eigenvalue weighted by Crippen LogP contribution is -2.47. The highest BCUT2D eigenvalue weighted by Gasteiger charge is 2.25. The van der Waals surface area contributed by atoms with Crippen molar-refractivity contribution in [2.75, 3.05) is 26.2 Å². The summed E-state index contributed by atoms with van der Waals surface area (Å²) in [6.07, 6.45) is 2.58. The van der Waals surface area contributed by atoms with Gasteiger partial charge in [-0.2, -0.15) is 0 Å². The standard InChI is InChI=1S/C21H31N5O3/c1-5-8-22-18(27)12-26-9-6-15(7-10-26)23-20(28)16-11-17(13(2)3)24-21-19(16)14(4)25-29-21/h11,13,15H,5-10,12H2,1-4H3,(H,22,27)(H,23,28). The van der Waals surface area contributed by atoms with Crippen molar-refractivity contribution in [1.82, 2.24) is 25.7 Å². The molecule has 0 unspecified atom stereocenters. The maximum absolute atomic E-state index is 13.0. The van der Waals surface area contributed by atoms with Gasteiger partial charge in [0.05, 0.1) is 23.2 Å². The van der Waals surface area contributed by atoms with Crippen LogP contribution in [0.2, 0.25) is 0 Å². The minimum absolute atomic E-state index is 0.0673. The van der Waals surface area contributed by atoms with Gasteiger partial charge in [0, 0.05) is 31.4 Å². The fraction of sp³-hybridized carbons (Fsp3) is 0.619. The summed E-state index contributed by atoms with van der Waals surface area (Å²) in [5, 5.41) is 10.7. The maximum atomic E-state index is 13.0. The number of hydrogen-bond acceptors (Lipinski definition) is 6. The molecule has 8 heteroatoms. The number of piperidine rings is 1. The molecule has 1 aliphatic heterocycles. The lowest BCUT2D eigenvalue weighted by molar-refractivity contribution is -0.122. The molecule has 2 amide bonds. The van der Waals surface area contributed by atoms with Crippen LogP contribution in [-0.2, 0) is 4.79 Å². The van der Waals surface area contributed by atoms with Gasteiger partial charge in [0.15, 0.2) is 0 Å². The third-order valence-corrected chi connectivity index (χ3v) is 5.34. The van der Waals surface area contributed by atoms with E-state index in [4.69, 9.17) is 4.52 Å². The fourth-order valence-electron chi connectivity index (χ4n) is 3.61. The van der Waals surface area contributed by atoms with E-state index < -0.39 is 0 Å². The van der Waals surface area contributed by atoms with Crippen LogP contribution in [0.4, 0.5) is 0 Å². The molecule has 0 saturated carbocycles. The fourth-order valence-corrected chi connectivity index (χ4v) is 3.61. The molecule has 1 fully saturated rings. The van der Waals surface area contributed by atoms with Gasteiger partial charge in [-0.05, 0) is 38.2 Å². The van der Waals surface area contributed by atoms with Crippen molar-refractivity contribution in [1.29, 1.82) is 0 Å². The summed E-state index contributed by atoms with van der Waals surface area (Å²) in [4.78, 5) is 31.6. The Kier molecular flexibility index (Phi) is 6.84. The molecule has 0 aromatic carbocycles. The predicted octanol–water partition coefficient (Wildman–Crippen LogP) is 2.38. The molecular weight excluding hydrogens is 370 g/mol. The van der Waals surface area contributed by atoms with Crippen LogP contribution < -0.4 is 10.6 Å². The number of pyridine rings is 1. The minimum atomic E-state index is -0.121. The van der Waals surface area contributed by atoms with Crippen molar-refractivity contribution in [3.8, 4) is 0 Å². The Balaban J connectivity index is 1.63. The van der Waals surface area contributed by atoms with Crippen molar-refractivity contribution in [3.63, 3.8) is 0 Å². The quantitative estimate of drug-likeness (QED) is 0.739. The number of aryl methyl sites for hydroxylation is 1. The molecule has 3 heterocycles. The number of rotatable bonds is 7. The average Bonchev–Trinajstić information content (AvgIpc) is 3.08. The molecule has 8 nitrogen and oxygen atoms in total. The van der Waals surface area contributed by atoms with Crippen LogP contribution in [0.1, 0.15) is 67.7 Å². The number of fused-ring (bicyclic) bond motifs is 1. The number of carbonyl (C=O) groups is 2. The molecule has 3 rings (SSSR count). The van der Waals surface area contributed by atoms with Crippen LogP contribution in [0.15, 0.2) is 10.6 Å². The summed E-state index contributed by atoms with van der Waals surface area (Å²) in [5.41, 5.74) is 2.46. The largest absolute Gasteiger partial charge is 0.355 e. The molecule has 158 valence electrons. The third kappa shape index (κ3) is 5.12. The molecule has 2 aromatic heterocycles. The van der Waals surface area contributed by atoms with Crippen LogP contribution in [0.3, 0.4) is 0 Å². The Bertz CT molecular complexity index is 869. The molecule has 2 aromatic rings. The number of likely N-dealkylation sites (tertiary alicyclic amines) is 1. The highest BCUT2D eigenvalue weighted by molar-refractivity contribution is 6.06. The van der Waals surface area contributed by atoms with Gasteiger partial charge in [0.2, 0.25) is 5.91 Å². The normalized spacial score (nSPS) is 15.8. The summed E-state index contributed by atoms with van der Waals surface area (Å²) in [7, 11) is 0. The molecular formula is C21H31N5O3. The Morgan fingerprint density at radius 2 is 2.03 bits per heavy atom. The van der Waals surface area contributed by atoms with Gasteiger partial charge < -0.3 is 15.2 Å². The zero-order valence-corrected chi connectivity index (χ0v) is 17.7. The van der Waals surface area contributed by atoms with Gasteiger partial charge in [0.25, 0.3) is 11.6 Å². The Hall–Kier alpha value is -2.48. The van der Waals surface area contributed by atoms with Crippen LogP contribution in [0.5, 0.6) is 0 Å². The minimum Gasteiger partial charge on any atom is -0.355 e. The van der Waals surface area contributed by atoms with Gasteiger partial charge in [-0.1, -0.05) is 25.9 Å². The second-order valence-electron chi connectivity index (χ2n) is 8.07. The summed E-state index contributed by atoms with van der Waals surface area (Å²) in [6, 6.07) is 1.93. The van der Waals surface area contributed by atoms with E-state index in [2.05, 4.69) is 25.7 Å². The van der Waals surface area contributed by atoms with Gasteiger partial charge in [-0.3, -0.25) is 14.5 Å². The monoisotopic (exact) mass is 401 g/mol. The van der Waals surface area contributed by atoms with Crippen LogP contribution in [-0.4, -0.2) is 59.1 Å². The number of nitrogens with zero attached hydrogens (tertiary/aromatic N) is 3. The predicted molar refractivity (Wildman–Crippen MR) is 111 cm³/mol. The van der Waals surface area contributed by atoms with Gasteiger partial charge in [-0.25, -0.2) is 4.98 Å². The zero-order chi connectivity index (χ0) is 21.0. The summed E-state index contributed by atoms with van der Waals surface area (Å²) < 4.78 is 5.31. The number of nitrogens with one attached hydrogen (secondary N) is 2. The summed E-state index contributed by atoms with van der Waals surface area (Å²) in [6.45, 7) is 10.6. The first-order valence-corrected chi connectivity index (χ1v) is 10.5. The molecule has 2 N–H and O–H groups in total. The second kappa shape index (κ2) is 9.35. The molecule has 0 spiro atoms. The number of aromatic nitrogens is 2. The van der Waals surface area contributed by atoms with E-state index in [-0.39, 0.29) is 23.8 Å².